The molecule has 26 heavy (non-hydrogen) atoms. The average molecular weight is 374 g/mol. The Morgan fingerprint density at radius 3 is 2.46 bits per heavy atom. The van der Waals surface area contributed by atoms with Gasteiger partial charge in [-0.1, -0.05) is 42.5 Å². The van der Waals surface area contributed by atoms with Crippen LogP contribution in [-0.2, 0) is 21.8 Å². The van der Waals surface area contributed by atoms with Gasteiger partial charge in [0.05, 0.1) is 11.5 Å². The fourth-order valence-corrected chi connectivity index (χ4v) is 5.03. The van der Waals surface area contributed by atoms with Crippen LogP contribution in [0.4, 0.5) is 0 Å². The molecule has 1 N–H and O–H groups in total. The molecular weight excluding hydrogens is 352 g/mol. The smallest absolute Gasteiger partial charge is 0.297 e. The molecule has 138 valence electrons. The highest BCUT2D eigenvalue weighted by molar-refractivity contribution is 7.91. The number of nitrogens with one attached hydrogen (secondary N) is 1. The van der Waals surface area contributed by atoms with Gasteiger partial charge in [0.1, 0.15) is 0 Å². The highest BCUT2D eigenvalue weighted by Crippen LogP contribution is 2.49. The van der Waals surface area contributed by atoms with E-state index in [0.29, 0.717) is 13.0 Å². The maximum Gasteiger partial charge on any atom is 0.328 e. The summed E-state index contributed by atoms with van der Waals surface area (Å²) in [6, 6.07) is 11.1. The van der Waals surface area contributed by atoms with Gasteiger partial charge >= 0.3 is 5.69 Å². The third kappa shape index (κ3) is 4.60. The Morgan fingerprint density at radius 1 is 1.08 bits per heavy atom. The first-order valence-corrected chi connectivity index (χ1v) is 10.4. The maximum atomic E-state index is 12.5. The molecule has 1 heterocycles. The van der Waals surface area contributed by atoms with Gasteiger partial charge < -0.3 is 0 Å². The molecule has 0 spiro atoms. The van der Waals surface area contributed by atoms with E-state index in [4.69, 9.17) is 0 Å². The molecule has 3 rings (SSSR count). The van der Waals surface area contributed by atoms with E-state index in [1.54, 1.807) is 12.2 Å². The van der Waals surface area contributed by atoms with E-state index in [0.717, 1.165) is 18.4 Å². The predicted octanol–water partition coefficient (Wildman–Crippen LogP) is 1.63. The molecule has 2 aromatic rings. The minimum Gasteiger partial charge on any atom is -0.297 e. The summed E-state index contributed by atoms with van der Waals surface area (Å²) in [6.45, 7) is 0.295. The number of aromatic nitrogens is 2. The number of benzene rings is 1. The van der Waals surface area contributed by atoms with Crippen molar-refractivity contribution in [1.82, 2.24) is 9.55 Å². The Labute approximate surface area is 152 Å². The summed E-state index contributed by atoms with van der Waals surface area (Å²) >= 11 is 0. The van der Waals surface area contributed by atoms with Gasteiger partial charge in [-0.15, -0.1) is 0 Å². The van der Waals surface area contributed by atoms with Crippen LogP contribution >= 0.6 is 0 Å². The molecule has 1 aliphatic carbocycles. The normalized spacial score (nSPS) is 16.0. The first kappa shape index (κ1) is 18.4. The second kappa shape index (κ2) is 7.45. The zero-order chi connectivity index (χ0) is 18.6. The van der Waals surface area contributed by atoms with Crippen LogP contribution in [0.5, 0.6) is 0 Å². The molecule has 0 amide bonds. The van der Waals surface area contributed by atoms with Crippen LogP contribution in [-0.4, -0.2) is 29.5 Å². The third-order valence-corrected chi connectivity index (χ3v) is 6.55. The molecule has 0 bridgehead atoms. The van der Waals surface area contributed by atoms with Crippen molar-refractivity contribution in [2.75, 3.05) is 11.5 Å². The van der Waals surface area contributed by atoms with Gasteiger partial charge in [-0.3, -0.25) is 14.3 Å². The second-order valence-electron chi connectivity index (χ2n) is 6.76. The molecule has 1 aromatic carbocycles. The van der Waals surface area contributed by atoms with E-state index in [1.165, 1.54) is 16.8 Å². The first-order chi connectivity index (χ1) is 12.4. The van der Waals surface area contributed by atoms with E-state index in [2.05, 4.69) is 4.98 Å². The highest BCUT2D eigenvalue weighted by Gasteiger charge is 2.47. The van der Waals surface area contributed by atoms with Crippen LogP contribution in [0.2, 0.25) is 0 Å². The molecule has 0 unspecified atom stereocenters. The summed E-state index contributed by atoms with van der Waals surface area (Å²) in [4.78, 5) is 24.7. The topological polar surface area (TPSA) is 89.0 Å². The fourth-order valence-electron chi connectivity index (χ4n) is 3.09. The van der Waals surface area contributed by atoms with E-state index in [9.17, 15) is 18.0 Å². The minimum absolute atomic E-state index is 0.0958. The quantitative estimate of drug-likeness (QED) is 0.711. The lowest BCUT2D eigenvalue weighted by atomic mass is 9.99. The van der Waals surface area contributed by atoms with E-state index in [1.807, 2.05) is 30.3 Å². The number of aromatic amines is 1. The summed E-state index contributed by atoms with van der Waals surface area (Å²) in [5.74, 6) is 0.288. The highest BCUT2D eigenvalue weighted by atomic mass is 32.2. The molecule has 1 saturated carbocycles. The van der Waals surface area contributed by atoms with Gasteiger partial charge in [0, 0.05) is 24.2 Å². The Kier molecular flexibility index (Phi) is 5.27. The van der Waals surface area contributed by atoms with Crippen molar-refractivity contribution >= 4 is 9.84 Å². The SMILES string of the molecule is O=c1ccn(C/C=C\CCS(=O)(=O)CC2(c3ccccc3)CC2)c(=O)[nH]1. The van der Waals surface area contributed by atoms with Gasteiger partial charge in [-0.2, -0.15) is 0 Å². The maximum absolute atomic E-state index is 12.5. The molecule has 1 aliphatic rings. The summed E-state index contributed by atoms with van der Waals surface area (Å²) in [5.41, 5.74) is -0.00820. The molecular formula is C19H22N2O4S. The molecule has 1 fully saturated rings. The number of sulfone groups is 1. The van der Waals surface area contributed by atoms with Crippen molar-refractivity contribution in [2.45, 2.75) is 31.2 Å². The molecule has 0 atom stereocenters. The van der Waals surface area contributed by atoms with Crippen molar-refractivity contribution in [3.8, 4) is 0 Å². The van der Waals surface area contributed by atoms with Crippen LogP contribution in [0, 0.1) is 0 Å². The van der Waals surface area contributed by atoms with Gasteiger partial charge in [0.25, 0.3) is 5.56 Å². The second-order valence-corrected chi connectivity index (χ2v) is 8.95. The molecule has 0 saturated heterocycles. The van der Waals surface area contributed by atoms with Crippen molar-refractivity contribution in [3.63, 3.8) is 0 Å². The predicted molar refractivity (Wildman–Crippen MR) is 101 cm³/mol. The lowest BCUT2D eigenvalue weighted by Gasteiger charge is -2.15. The Balaban J connectivity index is 1.52. The van der Waals surface area contributed by atoms with Crippen molar-refractivity contribution in [3.05, 3.63) is 81.1 Å². The number of nitrogens with zero attached hydrogens (tertiary/aromatic N) is 1. The number of hydrogen-bond donors (Lipinski definition) is 1. The van der Waals surface area contributed by atoms with Gasteiger partial charge in [-0.05, 0) is 24.8 Å². The van der Waals surface area contributed by atoms with Crippen molar-refractivity contribution < 1.29 is 8.42 Å². The van der Waals surface area contributed by atoms with Crippen LogP contribution in [0.1, 0.15) is 24.8 Å². The number of allylic oxidation sites excluding steroid dienone is 2. The van der Waals surface area contributed by atoms with Crippen LogP contribution in [0.25, 0.3) is 0 Å². The van der Waals surface area contributed by atoms with Crippen LogP contribution in [0.3, 0.4) is 0 Å². The largest absolute Gasteiger partial charge is 0.328 e. The summed E-state index contributed by atoms with van der Waals surface area (Å²) in [6.07, 6.45) is 7.16. The summed E-state index contributed by atoms with van der Waals surface area (Å²) < 4.78 is 26.3. The lowest BCUT2D eigenvalue weighted by molar-refractivity contribution is 0.585. The molecule has 0 radical (unpaired) electrons. The van der Waals surface area contributed by atoms with Crippen molar-refractivity contribution in [1.29, 1.82) is 0 Å². The molecule has 6 nitrogen and oxygen atoms in total. The lowest BCUT2D eigenvalue weighted by Crippen LogP contribution is -2.28. The number of rotatable bonds is 8. The summed E-state index contributed by atoms with van der Waals surface area (Å²) in [5, 5.41) is 0. The zero-order valence-electron chi connectivity index (χ0n) is 14.4. The van der Waals surface area contributed by atoms with E-state index < -0.39 is 21.1 Å². The molecule has 1 aromatic heterocycles. The standard InChI is InChI=1S/C19H22N2O4S/c22-17-9-13-21(18(23)20-17)12-5-2-6-14-26(24,25)15-19(10-11-19)16-7-3-1-4-8-16/h1-5,7-9,13H,6,10-12,14-15H2,(H,20,22,23)/b5-2-. The summed E-state index contributed by atoms with van der Waals surface area (Å²) in [7, 11) is -3.15. The Bertz CT molecular complexity index is 1000. The first-order valence-electron chi connectivity index (χ1n) is 8.61. The zero-order valence-corrected chi connectivity index (χ0v) is 15.2. The third-order valence-electron chi connectivity index (χ3n) is 4.70. The van der Waals surface area contributed by atoms with E-state index >= 15 is 0 Å². The number of H-pyrrole nitrogens is 1. The van der Waals surface area contributed by atoms with E-state index in [-0.39, 0.29) is 16.9 Å². The van der Waals surface area contributed by atoms with Gasteiger partial charge in [0.2, 0.25) is 0 Å². The minimum atomic E-state index is -3.15. The molecule has 0 aliphatic heterocycles. The molecule has 7 heteroatoms. The Morgan fingerprint density at radius 2 is 1.81 bits per heavy atom. The Hall–Kier alpha value is -2.41. The van der Waals surface area contributed by atoms with Gasteiger partial charge in [-0.25, -0.2) is 13.2 Å². The monoisotopic (exact) mass is 374 g/mol. The van der Waals surface area contributed by atoms with Gasteiger partial charge in [0.15, 0.2) is 9.84 Å². The van der Waals surface area contributed by atoms with Crippen molar-refractivity contribution in [2.24, 2.45) is 0 Å². The van der Waals surface area contributed by atoms with Crippen LogP contribution in [0.15, 0.2) is 64.3 Å². The van der Waals surface area contributed by atoms with Crippen LogP contribution < -0.4 is 11.2 Å². The fraction of sp³-hybridized carbons (Fsp3) is 0.368. The number of hydrogen-bond acceptors (Lipinski definition) is 4. The average Bonchev–Trinajstić information content (AvgIpc) is 3.37.